The van der Waals surface area contributed by atoms with Crippen molar-refractivity contribution in [3.8, 4) is 0 Å². The van der Waals surface area contributed by atoms with Crippen LogP contribution in [0.2, 0.25) is 5.76 Å². The number of rotatable bonds is 5. The van der Waals surface area contributed by atoms with E-state index in [0.29, 0.717) is 11.8 Å². The third kappa shape index (κ3) is 5.96. The summed E-state index contributed by atoms with van der Waals surface area (Å²) in [7, 11) is -1.51. The van der Waals surface area contributed by atoms with Crippen LogP contribution in [-0.2, 0) is 18.6 Å². The average Bonchev–Trinajstić information content (AvgIpc) is 3.36. The normalized spacial score (nSPS) is 18.4. The Kier molecular flexibility index (Phi) is 10.7. The molecule has 0 amide bonds. The molecule has 4 heteroatoms. The van der Waals surface area contributed by atoms with E-state index in [2.05, 4.69) is 137 Å². The van der Waals surface area contributed by atoms with Crippen LogP contribution >= 0.6 is 0 Å². The zero-order valence-corrected chi connectivity index (χ0v) is 28.3. The van der Waals surface area contributed by atoms with Crippen LogP contribution in [0.4, 0.5) is 0 Å². The summed E-state index contributed by atoms with van der Waals surface area (Å²) in [5.41, 5.74) is 8.87. The van der Waals surface area contributed by atoms with Crippen LogP contribution in [0, 0.1) is 11.8 Å². The van der Waals surface area contributed by atoms with Crippen LogP contribution in [-0.4, -0.2) is 9.98 Å². The average molecular weight is 665 g/mol. The fraction of sp³-hybridized carbons (Fsp3) is 0.212. The van der Waals surface area contributed by atoms with Gasteiger partial charge in [0.25, 0.3) is 0 Å². The van der Waals surface area contributed by atoms with Crippen molar-refractivity contribution in [1.29, 1.82) is 0 Å². The van der Waals surface area contributed by atoms with Crippen LogP contribution in [0.1, 0.15) is 38.8 Å². The van der Waals surface area contributed by atoms with Crippen molar-refractivity contribution in [2.75, 3.05) is 0 Å². The van der Waals surface area contributed by atoms with Crippen molar-refractivity contribution in [2.24, 2.45) is 11.8 Å². The fourth-order valence-corrected chi connectivity index (χ4v) is 42.0. The van der Waals surface area contributed by atoms with Crippen molar-refractivity contribution >= 4 is 25.5 Å². The second kappa shape index (κ2) is 13.1. The molecule has 3 aromatic carbocycles. The fourth-order valence-electron chi connectivity index (χ4n) is 5.96. The maximum atomic E-state index is 2.69. The first-order valence-corrected chi connectivity index (χ1v) is 25.7. The molecule has 2 aliphatic carbocycles. The van der Waals surface area contributed by atoms with E-state index < -0.39 is 28.6 Å². The SMILES string of the molecule is CC1=[C]([Zr+2]([C]2=C(C)C(c3ccccc3)=CC2C)=[Ge]([CH3])[c]2ccccc2)C(C)C=C1c1ccccc1.[Cl-].[Cl-]. The smallest absolute Gasteiger partial charge is 1.00 e. The summed E-state index contributed by atoms with van der Waals surface area (Å²) >= 11 is -2.19. The Morgan fingerprint density at radius 3 is 1.30 bits per heavy atom. The van der Waals surface area contributed by atoms with Gasteiger partial charge in [-0.3, -0.25) is 0 Å². The van der Waals surface area contributed by atoms with Gasteiger partial charge < -0.3 is 24.8 Å². The topological polar surface area (TPSA) is 0 Å². The molecule has 0 fully saturated rings. The van der Waals surface area contributed by atoms with Crippen molar-refractivity contribution in [1.82, 2.24) is 0 Å². The molecule has 0 nitrogen and oxygen atoms in total. The van der Waals surface area contributed by atoms with Gasteiger partial charge in [0, 0.05) is 0 Å². The summed E-state index contributed by atoms with van der Waals surface area (Å²) in [4.78, 5) is 0. The Hall–Kier alpha value is -1.37. The standard InChI is InChI=1S/2C13H13.C7H8Ge.2ClH.Zr/c2*1-10-8-11(2)13(9-10)12-6-4-3-5-7-12;1-8-7-5-3-2-4-6-7;;;/h2*3-7,9-10H,1-2H3;2-6H,1H3;2*1H;/q;;;;;+2/p-2. The van der Waals surface area contributed by atoms with E-state index in [1.807, 2.05) is 6.56 Å². The number of hydrogen-bond donors (Lipinski definition) is 0. The monoisotopic (exact) mass is 664 g/mol. The number of hydrogen-bond acceptors (Lipinski definition) is 0. The summed E-state index contributed by atoms with van der Waals surface area (Å²) in [6.07, 6.45) is 5.14. The van der Waals surface area contributed by atoms with E-state index in [-0.39, 0.29) is 24.8 Å². The summed E-state index contributed by atoms with van der Waals surface area (Å²) in [5, 5.41) is 0. The predicted octanol–water partition coefficient (Wildman–Crippen LogP) is 2.16. The molecule has 0 aliphatic heterocycles. The third-order valence-electron chi connectivity index (χ3n) is 7.65. The molecule has 0 heterocycles. The van der Waals surface area contributed by atoms with Crippen LogP contribution in [0.5, 0.6) is 0 Å². The van der Waals surface area contributed by atoms with Crippen molar-refractivity contribution in [2.45, 2.75) is 33.5 Å². The first-order valence-electron chi connectivity index (χ1n) is 12.7. The van der Waals surface area contributed by atoms with Gasteiger partial charge in [0.15, 0.2) is 0 Å². The van der Waals surface area contributed by atoms with Gasteiger partial charge in [-0.25, -0.2) is 0 Å². The van der Waals surface area contributed by atoms with E-state index in [0.717, 1.165) is 0 Å². The first kappa shape index (κ1) is 30.2. The molecule has 0 aromatic heterocycles. The van der Waals surface area contributed by atoms with E-state index in [1.54, 1.807) is 15.5 Å². The molecule has 2 unspecified atom stereocenters. The van der Waals surface area contributed by atoms with Crippen molar-refractivity contribution in [3.63, 3.8) is 0 Å². The molecule has 5 rings (SSSR count). The maximum absolute atomic E-state index is 2.69. The Bertz CT molecular complexity index is 1330. The Labute approximate surface area is 244 Å². The number of benzene rings is 3. The molecule has 0 saturated heterocycles. The second-order valence-electron chi connectivity index (χ2n) is 9.91. The van der Waals surface area contributed by atoms with Crippen LogP contribution < -0.4 is 29.2 Å². The summed E-state index contributed by atoms with van der Waals surface area (Å²) < 4.78 is 5.39. The van der Waals surface area contributed by atoms with E-state index >= 15 is 0 Å². The number of halogens is 2. The van der Waals surface area contributed by atoms with Crippen molar-refractivity contribution < 1.29 is 43.4 Å². The third-order valence-corrected chi connectivity index (χ3v) is 38.4. The van der Waals surface area contributed by atoms with Gasteiger partial charge in [-0.05, 0) is 0 Å². The quantitative estimate of drug-likeness (QED) is 0.367. The van der Waals surface area contributed by atoms with E-state index in [1.165, 1.54) is 22.3 Å². The largest absolute Gasteiger partial charge is 1.00 e. The summed E-state index contributed by atoms with van der Waals surface area (Å²) in [6.45, 7) is 9.78. The van der Waals surface area contributed by atoms with Gasteiger partial charge in [0.2, 0.25) is 0 Å². The Morgan fingerprint density at radius 1 is 0.568 bits per heavy atom. The van der Waals surface area contributed by atoms with E-state index in [9.17, 15) is 0 Å². The van der Waals surface area contributed by atoms with Gasteiger partial charge in [0.05, 0.1) is 0 Å². The molecule has 37 heavy (non-hydrogen) atoms. The molecular weight excluding hydrogens is 631 g/mol. The molecule has 0 saturated carbocycles. The minimum atomic E-state index is -2.19. The van der Waals surface area contributed by atoms with Crippen LogP contribution in [0.25, 0.3) is 11.1 Å². The Morgan fingerprint density at radius 2 is 0.919 bits per heavy atom. The molecule has 188 valence electrons. The predicted molar refractivity (Wildman–Crippen MR) is 150 cm³/mol. The van der Waals surface area contributed by atoms with Gasteiger partial charge in [-0.1, -0.05) is 0 Å². The van der Waals surface area contributed by atoms with Gasteiger partial charge in [-0.15, -0.1) is 0 Å². The molecule has 0 radical (unpaired) electrons. The van der Waals surface area contributed by atoms with Gasteiger partial charge >= 0.3 is 221 Å². The van der Waals surface area contributed by atoms with Gasteiger partial charge in [0.1, 0.15) is 0 Å². The molecule has 3 aromatic rings. The zero-order chi connectivity index (χ0) is 24.5. The minimum absolute atomic E-state index is 0. The molecular formula is C33H34Cl2GeZr. The Balaban J connectivity index is 0.00000190. The zero-order valence-electron chi connectivity index (χ0n) is 22.2. The maximum Gasteiger partial charge on any atom is -1.00 e. The number of allylic oxidation sites excluding steroid dienone is 8. The summed E-state index contributed by atoms with van der Waals surface area (Å²) in [6, 6.07) is 33.6. The molecule has 0 bridgehead atoms. The second-order valence-corrected chi connectivity index (χ2v) is 34.0. The minimum Gasteiger partial charge on any atom is -1.00 e. The molecule has 2 aliphatic rings. The first-order chi connectivity index (χ1) is 17.0. The molecule has 0 N–H and O–H groups in total. The van der Waals surface area contributed by atoms with Gasteiger partial charge in [-0.2, -0.15) is 0 Å². The molecule has 2 atom stereocenters. The van der Waals surface area contributed by atoms with Crippen LogP contribution in [0.15, 0.2) is 121 Å². The molecule has 0 spiro atoms. The van der Waals surface area contributed by atoms with Crippen molar-refractivity contribution in [3.05, 3.63) is 132 Å². The summed E-state index contributed by atoms with van der Waals surface area (Å²) in [5.74, 6) is 3.77. The van der Waals surface area contributed by atoms with E-state index in [4.69, 9.17) is 0 Å². The van der Waals surface area contributed by atoms with Crippen LogP contribution in [0.3, 0.4) is 0 Å².